The smallest absolute Gasteiger partial charge is 0.269 e. The van der Waals surface area contributed by atoms with Gasteiger partial charge in [-0.25, -0.2) is 8.42 Å². The SMILES string of the molecule is CCNC(CC)C(C)S(=O)(=O)c1ccc([N+](=O)[O-])cc1. The van der Waals surface area contributed by atoms with E-state index >= 15 is 0 Å². The van der Waals surface area contributed by atoms with E-state index in [-0.39, 0.29) is 16.6 Å². The van der Waals surface area contributed by atoms with Crippen molar-refractivity contribution in [1.82, 2.24) is 5.32 Å². The summed E-state index contributed by atoms with van der Waals surface area (Å²) < 4.78 is 25.0. The summed E-state index contributed by atoms with van der Waals surface area (Å²) >= 11 is 0. The molecular formula is C13H20N2O4S. The molecule has 0 heterocycles. The molecule has 0 bridgehead atoms. The highest BCUT2D eigenvalue weighted by Crippen LogP contribution is 2.22. The topological polar surface area (TPSA) is 89.3 Å². The van der Waals surface area contributed by atoms with Gasteiger partial charge < -0.3 is 5.32 Å². The number of nitrogens with one attached hydrogen (secondary N) is 1. The van der Waals surface area contributed by atoms with Crippen molar-refractivity contribution in [3.63, 3.8) is 0 Å². The molecule has 0 radical (unpaired) electrons. The zero-order chi connectivity index (χ0) is 15.3. The largest absolute Gasteiger partial charge is 0.313 e. The van der Waals surface area contributed by atoms with Gasteiger partial charge >= 0.3 is 0 Å². The first-order valence-corrected chi connectivity index (χ1v) is 8.10. The second-order valence-corrected chi connectivity index (χ2v) is 6.88. The third-order valence-corrected chi connectivity index (χ3v) is 5.57. The summed E-state index contributed by atoms with van der Waals surface area (Å²) in [5.74, 6) is 0. The van der Waals surface area contributed by atoms with Gasteiger partial charge in [-0.1, -0.05) is 13.8 Å². The Morgan fingerprint density at radius 1 is 1.25 bits per heavy atom. The van der Waals surface area contributed by atoms with E-state index in [4.69, 9.17) is 0 Å². The van der Waals surface area contributed by atoms with Crippen LogP contribution in [-0.4, -0.2) is 31.2 Å². The molecule has 2 atom stereocenters. The van der Waals surface area contributed by atoms with Crippen LogP contribution >= 0.6 is 0 Å². The molecule has 2 unspecified atom stereocenters. The molecule has 0 aliphatic rings. The Bertz CT molecular complexity index is 554. The van der Waals surface area contributed by atoms with Crippen molar-refractivity contribution in [2.75, 3.05) is 6.54 Å². The minimum atomic E-state index is -3.50. The third-order valence-electron chi connectivity index (χ3n) is 3.34. The molecule has 0 spiro atoms. The summed E-state index contributed by atoms with van der Waals surface area (Å²) in [6, 6.07) is 4.88. The molecule has 0 saturated heterocycles. The monoisotopic (exact) mass is 300 g/mol. The van der Waals surface area contributed by atoms with Crippen molar-refractivity contribution in [3.05, 3.63) is 34.4 Å². The van der Waals surface area contributed by atoms with Gasteiger partial charge in [0.2, 0.25) is 0 Å². The number of hydrogen-bond acceptors (Lipinski definition) is 5. The number of nitro benzene ring substituents is 1. The van der Waals surface area contributed by atoms with Crippen molar-refractivity contribution in [2.45, 2.75) is 43.4 Å². The lowest BCUT2D eigenvalue weighted by molar-refractivity contribution is -0.384. The molecule has 1 N–H and O–H groups in total. The molecule has 1 aromatic rings. The van der Waals surface area contributed by atoms with Crippen LogP contribution in [-0.2, 0) is 9.84 Å². The second kappa shape index (κ2) is 6.81. The molecule has 0 aliphatic heterocycles. The van der Waals surface area contributed by atoms with Crippen LogP contribution in [0.25, 0.3) is 0 Å². The Labute approximate surface area is 119 Å². The van der Waals surface area contributed by atoms with E-state index in [2.05, 4.69) is 5.32 Å². The van der Waals surface area contributed by atoms with Gasteiger partial charge in [-0.05, 0) is 32.0 Å². The molecule has 6 nitrogen and oxygen atoms in total. The molecule has 0 saturated carbocycles. The van der Waals surface area contributed by atoms with Crippen molar-refractivity contribution >= 4 is 15.5 Å². The third kappa shape index (κ3) is 3.55. The Kier molecular flexibility index (Phi) is 5.64. The van der Waals surface area contributed by atoms with E-state index in [1.807, 2.05) is 13.8 Å². The van der Waals surface area contributed by atoms with E-state index in [0.29, 0.717) is 13.0 Å². The molecule has 0 fully saturated rings. The highest BCUT2D eigenvalue weighted by Gasteiger charge is 2.29. The molecule has 112 valence electrons. The number of benzene rings is 1. The van der Waals surface area contributed by atoms with Gasteiger partial charge in [0.05, 0.1) is 15.1 Å². The maximum Gasteiger partial charge on any atom is 0.269 e. The summed E-state index contributed by atoms with van der Waals surface area (Å²) in [5, 5.41) is 13.1. The fraction of sp³-hybridized carbons (Fsp3) is 0.538. The van der Waals surface area contributed by atoms with Gasteiger partial charge in [-0.15, -0.1) is 0 Å². The lowest BCUT2D eigenvalue weighted by atomic mass is 10.2. The van der Waals surface area contributed by atoms with Crippen LogP contribution in [0.3, 0.4) is 0 Å². The highest BCUT2D eigenvalue weighted by molar-refractivity contribution is 7.92. The van der Waals surface area contributed by atoms with Gasteiger partial charge in [-0.3, -0.25) is 10.1 Å². The fourth-order valence-electron chi connectivity index (χ4n) is 2.09. The Balaban J connectivity index is 3.06. The highest BCUT2D eigenvalue weighted by atomic mass is 32.2. The Morgan fingerprint density at radius 3 is 2.20 bits per heavy atom. The van der Waals surface area contributed by atoms with Crippen LogP contribution < -0.4 is 5.32 Å². The summed E-state index contributed by atoms with van der Waals surface area (Å²) in [6.45, 7) is 6.20. The lowest BCUT2D eigenvalue weighted by Crippen LogP contribution is -2.42. The number of hydrogen-bond donors (Lipinski definition) is 1. The van der Waals surface area contributed by atoms with Crippen molar-refractivity contribution < 1.29 is 13.3 Å². The summed E-state index contributed by atoms with van der Waals surface area (Å²) in [4.78, 5) is 10.2. The molecule has 7 heteroatoms. The second-order valence-electron chi connectivity index (χ2n) is 4.57. The average Bonchev–Trinajstić information content (AvgIpc) is 2.44. The number of sulfone groups is 1. The summed E-state index contributed by atoms with van der Waals surface area (Å²) in [6.07, 6.45) is 0.696. The van der Waals surface area contributed by atoms with Crippen molar-refractivity contribution in [2.24, 2.45) is 0 Å². The Hall–Kier alpha value is -1.47. The minimum Gasteiger partial charge on any atom is -0.313 e. The van der Waals surface area contributed by atoms with Gasteiger partial charge in [-0.2, -0.15) is 0 Å². The molecule has 0 amide bonds. The maximum atomic E-state index is 12.5. The van der Waals surface area contributed by atoms with Crippen LogP contribution in [0.1, 0.15) is 27.2 Å². The summed E-state index contributed by atoms with van der Waals surface area (Å²) in [5.41, 5.74) is -0.115. The van der Waals surface area contributed by atoms with E-state index in [1.54, 1.807) is 6.92 Å². The number of rotatable bonds is 7. The van der Waals surface area contributed by atoms with Crippen LogP contribution in [0.15, 0.2) is 29.2 Å². The first kappa shape index (κ1) is 16.6. The summed E-state index contributed by atoms with van der Waals surface area (Å²) in [7, 11) is -3.50. The predicted molar refractivity (Wildman–Crippen MR) is 77.5 cm³/mol. The molecular weight excluding hydrogens is 280 g/mol. The molecule has 1 aromatic carbocycles. The zero-order valence-electron chi connectivity index (χ0n) is 11.9. The van der Waals surface area contributed by atoms with Crippen LogP contribution in [0.2, 0.25) is 0 Å². The van der Waals surface area contributed by atoms with Gasteiger partial charge in [0.1, 0.15) is 0 Å². The van der Waals surface area contributed by atoms with Gasteiger partial charge in [0, 0.05) is 18.2 Å². The molecule has 0 aromatic heterocycles. The zero-order valence-corrected chi connectivity index (χ0v) is 12.7. The van der Waals surface area contributed by atoms with Crippen LogP contribution in [0.4, 0.5) is 5.69 Å². The first-order chi connectivity index (χ1) is 9.34. The predicted octanol–water partition coefficient (Wildman–Crippen LogP) is 2.15. The number of non-ortho nitro benzene ring substituents is 1. The molecule has 0 aliphatic carbocycles. The fourth-order valence-corrected chi connectivity index (χ4v) is 3.76. The number of nitro groups is 1. The van der Waals surface area contributed by atoms with Crippen LogP contribution in [0.5, 0.6) is 0 Å². The maximum absolute atomic E-state index is 12.5. The minimum absolute atomic E-state index is 0.115. The van der Waals surface area contributed by atoms with E-state index in [9.17, 15) is 18.5 Å². The van der Waals surface area contributed by atoms with Gasteiger partial charge in [0.25, 0.3) is 5.69 Å². The molecule has 1 rings (SSSR count). The standard InChI is InChI=1S/C13H20N2O4S/c1-4-13(14-5-2)10(3)20(18,19)12-8-6-11(7-9-12)15(16)17/h6-10,13-14H,4-5H2,1-3H3. The van der Waals surface area contributed by atoms with Crippen LogP contribution in [0, 0.1) is 10.1 Å². The first-order valence-electron chi connectivity index (χ1n) is 6.56. The Morgan fingerprint density at radius 2 is 1.80 bits per heavy atom. The molecule has 20 heavy (non-hydrogen) atoms. The van der Waals surface area contributed by atoms with Crippen molar-refractivity contribution in [1.29, 1.82) is 0 Å². The quantitative estimate of drug-likeness (QED) is 0.615. The van der Waals surface area contributed by atoms with E-state index < -0.39 is 20.0 Å². The lowest BCUT2D eigenvalue weighted by Gasteiger charge is -2.23. The van der Waals surface area contributed by atoms with Crippen molar-refractivity contribution in [3.8, 4) is 0 Å². The number of nitrogens with zero attached hydrogens (tertiary/aromatic N) is 1. The normalized spacial score (nSPS) is 14.8. The van der Waals surface area contributed by atoms with Gasteiger partial charge in [0.15, 0.2) is 9.84 Å². The van der Waals surface area contributed by atoms with E-state index in [0.717, 1.165) is 0 Å². The average molecular weight is 300 g/mol. The van der Waals surface area contributed by atoms with E-state index in [1.165, 1.54) is 24.3 Å².